The molecule has 5 rings (SSSR count). The van der Waals surface area contributed by atoms with Crippen LogP contribution in [0.4, 0.5) is 5.69 Å². The summed E-state index contributed by atoms with van der Waals surface area (Å²) >= 11 is 0. The van der Waals surface area contributed by atoms with Crippen LogP contribution in [0.1, 0.15) is 23.6 Å². The van der Waals surface area contributed by atoms with Crippen molar-refractivity contribution in [2.24, 2.45) is 5.10 Å². The first-order valence-corrected chi connectivity index (χ1v) is 11.8. The van der Waals surface area contributed by atoms with Crippen LogP contribution in [-0.4, -0.2) is 33.9 Å². The summed E-state index contributed by atoms with van der Waals surface area (Å²) in [5, 5.41) is 7.64. The minimum absolute atomic E-state index is 0.150. The Morgan fingerprint density at radius 3 is 2.55 bits per heavy atom. The molecule has 1 amide bonds. The fourth-order valence-electron chi connectivity index (χ4n) is 4.17. The standard InChI is InChI=1S/C28H25N5O5/c1-16-4-10-23-22(12-16)25-26(31-23)27(35)33(28(36)32-25)29-14-18-5-11-24(37-3)19(13-18)15-38-21-8-6-20(7-9-21)30-17(2)34/h4-14,31H,15H2,1-3H3,(H,30,34)(H,32,36)/b29-14+. The molecule has 0 radical (unpaired) electrons. The summed E-state index contributed by atoms with van der Waals surface area (Å²) in [6.07, 6.45) is 1.43. The van der Waals surface area contributed by atoms with Crippen LogP contribution in [0.2, 0.25) is 0 Å². The third kappa shape index (κ3) is 4.92. The van der Waals surface area contributed by atoms with Gasteiger partial charge in [-0.25, -0.2) is 4.79 Å². The largest absolute Gasteiger partial charge is 0.496 e. The van der Waals surface area contributed by atoms with Gasteiger partial charge in [-0.15, -0.1) is 4.68 Å². The normalized spacial score (nSPS) is 11.3. The van der Waals surface area contributed by atoms with Gasteiger partial charge in [0.2, 0.25) is 5.91 Å². The number of fused-ring (bicyclic) bond motifs is 3. The SMILES string of the molecule is COc1ccc(/C=N/n2c(=O)[nH]c3c([nH]c4ccc(C)cc43)c2=O)cc1COc1ccc(NC(C)=O)cc1. The molecule has 2 aromatic heterocycles. The van der Waals surface area contributed by atoms with E-state index in [2.05, 4.69) is 20.4 Å². The zero-order chi connectivity index (χ0) is 26.8. The molecule has 0 aliphatic heterocycles. The Hall–Kier alpha value is -5.12. The molecule has 2 heterocycles. The molecular weight excluding hydrogens is 486 g/mol. The number of carbonyl (C=O) groups excluding carboxylic acids is 1. The van der Waals surface area contributed by atoms with Crippen LogP contribution < -0.4 is 26.0 Å². The zero-order valence-corrected chi connectivity index (χ0v) is 21.0. The molecule has 3 N–H and O–H groups in total. The minimum Gasteiger partial charge on any atom is -0.496 e. The number of aromatic amines is 2. The van der Waals surface area contributed by atoms with Crippen molar-refractivity contribution in [3.8, 4) is 11.5 Å². The third-order valence-electron chi connectivity index (χ3n) is 5.98. The number of ether oxygens (including phenoxy) is 2. The highest BCUT2D eigenvalue weighted by atomic mass is 16.5. The van der Waals surface area contributed by atoms with Gasteiger partial charge in [0.05, 0.1) is 18.8 Å². The first-order chi connectivity index (χ1) is 18.3. The number of aromatic nitrogens is 3. The van der Waals surface area contributed by atoms with E-state index in [0.717, 1.165) is 26.7 Å². The maximum absolute atomic E-state index is 13.1. The van der Waals surface area contributed by atoms with Crippen LogP contribution in [-0.2, 0) is 11.4 Å². The van der Waals surface area contributed by atoms with E-state index in [4.69, 9.17) is 9.47 Å². The summed E-state index contributed by atoms with van der Waals surface area (Å²) in [4.78, 5) is 42.8. The second kappa shape index (κ2) is 10.1. The van der Waals surface area contributed by atoms with E-state index in [1.165, 1.54) is 13.1 Å². The van der Waals surface area contributed by atoms with Gasteiger partial charge in [0.1, 0.15) is 23.6 Å². The number of hydrogen-bond acceptors (Lipinski definition) is 6. The van der Waals surface area contributed by atoms with Gasteiger partial charge in [-0.3, -0.25) is 9.59 Å². The maximum atomic E-state index is 13.1. The average molecular weight is 512 g/mol. The molecule has 0 aliphatic carbocycles. The van der Waals surface area contributed by atoms with Gasteiger partial charge in [0.25, 0.3) is 0 Å². The van der Waals surface area contributed by atoms with Crippen LogP contribution in [0.25, 0.3) is 21.9 Å². The molecule has 0 atom stereocenters. The Labute approximate surface area is 216 Å². The molecule has 0 bridgehead atoms. The molecule has 0 aliphatic rings. The van der Waals surface area contributed by atoms with Crippen molar-refractivity contribution in [3.05, 3.63) is 98.2 Å². The fourth-order valence-corrected chi connectivity index (χ4v) is 4.17. The maximum Gasteiger partial charge on any atom is 0.350 e. The summed E-state index contributed by atoms with van der Waals surface area (Å²) in [5.74, 6) is 1.07. The van der Waals surface area contributed by atoms with Crippen LogP contribution in [0.3, 0.4) is 0 Å². The molecule has 3 aromatic carbocycles. The van der Waals surface area contributed by atoms with Gasteiger partial charge in [-0.1, -0.05) is 11.6 Å². The van der Waals surface area contributed by atoms with Crippen molar-refractivity contribution in [2.45, 2.75) is 20.5 Å². The van der Waals surface area contributed by atoms with Crippen molar-refractivity contribution < 1.29 is 14.3 Å². The molecule has 192 valence electrons. The number of benzene rings is 3. The highest BCUT2D eigenvalue weighted by molar-refractivity contribution is 6.04. The van der Waals surface area contributed by atoms with Crippen molar-refractivity contribution >= 4 is 39.7 Å². The highest BCUT2D eigenvalue weighted by Gasteiger charge is 2.13. The van der Waals surface area contributed by atoms with Crippen LogP contribution in [0.15, 0.2) is 75.4 Å². The number of rotatable bonds is 7. The van der Waals surface area contributed by atoms with Crippen molar-refractivity contribution in [3.63, 3.8) is 0 Å². The number of H-pyrrole nitrogens is 2. The van der Waals surface area contributed by atoms with Gasteiger partial charge in [0.15, 0.2) is 0 Å². The van der Waals surface area contributed by atoms with Gasteiger partial charge < -0.3 is 24.8 Å². The summed E-state index contributed by atoms with van der Waals surface area (Å²) < 4.78 is 12.1. The first-order valence-electron chi connectivity index (χ1n) is 11.8. The Kier molecular flexibility index (Phi) is 6.53. The van der Waals surface area contributed by atoms with E-state index < -0.39 is 11.2 Å². The molecule has 0 fully saturated rings. The number of carbonyl (C=O) groups is 1. The van der Waals surface area contributed by atoms with Crippen molar-refractivity contribution in [1.29, 1.82) is 0 Å². The molecule has 10 nitrogen and oxygen atoms in total. The number of methoxy groups -OCH3 is 1. The van der Waals surface area contributed by atoms with Crippen LogP contribution >= 0.6 is 0 Å². The summed E-state index contributed by atoms with van der Waals surface area (Å²) in [7, 11) is 1.56. The highest BCUT2D eigenvalue weighted by Crippen LogP contribution is 2.24. The van der Waals surface area contributed by atoms with Crippen molar-refractivity contribution in [2.75, 3.05) is 12.4 Å². The number of anilines is 1. The predicted octanol–water partition coefficient (Wildman–Crippen LogP) is 3.91. The zero-order valence-electron chi connectivity index (χ0n) is 21.0. The number of amides is 1. The molecule has 0 spiro atoms. The summed E-state index contributed by atoms with van der Waals surface area (Å²) in [6, 6.07) is 18.0. The smallest absolute Gasteiger partial charge is 0.350 e. The van der Waals surface area contributed by atoms with Crippen LogP contribution in [0.5, 0.6) is 11.5 Å². The Balaban J connectivity index is 1.40. The fraction of sp³-hybridized carbons (Fsp3) is 0.143. The Morgan fingerprint density at radius 2 is 1.82 bits per heavy atom. The molecule has 38 heavy (non-hydrogen) atoms. The third-order valence-corrected chi connectivity index (χ3v) is 5.98. The number of hydrogen-bond donors (Lipinski definition) is 3. The number of aryl methyl sites for hydroxylation is 1. The topological polar surface area (TPSA) is 131 Å². The first kappa shape index (κ1) is 24.6. The van der Waals surface area contributed by atoms with Gasteiger partial charge in [-0.2, -0.15) is 5.10 Å². The molecular formula is C28H25N5O5. The molecule has 0 saturated heterocycles. The van der Waals surface area contributed by atoms with E-state index in [-0.39, 0.29) is 18.0 Å². The van der Waals surface area contributed by atoms with Gasteiger partial charge in [0, 0.05) is 29.1 Å². The lowest BCUT2D eigenvalue weighted by atomic mass is 10.1. The lowest BCUT2D eigenvalue weighted by Gasteiger charge is -2.11. The van der Waals surface area contributed by atoms with Gasteiger partial charge >= 0.3 is 11.2 Å². The van der Waals surface area contributed by atoms with E-state index in [9.17, 15) is 14.4 Å². The predicted molar refractivity (Wildman–Crippen MR) is 146 cm³/mol. The lowest BCUT2D eigenvalue weighted by Crippen LogP contribution is -2.32. The van der Waals surface area contributed by atoms with Gasteiger partial charge in [-0.05, 0) is 67.1 Å². The second-order valence-electron chi connectivity index (χ2n) is 8.78. The molecule has 0 unspecified atom stereocenters. The molecule has 10 heteroatoms. The molecule has 0 saturated carbocycles. The average Bonchev–Trinajstić information content (AvgIpc) is 3.25. The molecule has 5 aromatic rings. The van der Waals surface area contributed by atoms with E-state index in [0.29, 0.717) is 28.3 Å². The lowest BCUT2D eigenvalue weighted by molar-refractivity contribution is -0.114. The monoisotopic (exact) mass is 511 g/mol. The van der Waals surface area contributed by atoms with E-state index in [1.807, 2.05) is 25.1 Å². The van der Waals surface area contributed by atoms with E-state index >= 15 is 0 Å². The Bertz CT molecular complexity index is 1810. The second-order valence-corrected chi connectivity index (χ2v) is 8.78. The Morgan fingerprint density at radius 1 is 1.03 bits per heavy atom. The summed E-state index contributed by atoms with van der Waals surface area (Å²) in [5.41, 5.74) is 3.37. The number of nitrogens with zero attached hydrogens (tertiary/aromatic N) is 2. The number of nitrogens with one attached hydrogen (secondary N) is 3. The minimum atomic E-state index is -0.638. The quantitative estimate of drug-likeness (QED) is 0.285. The van der Waals surface area contributed by atoms with Crippen molar-refractivity contribution in [1.82, 2.24) is 14.6 Å². The van der Waals surface area contributed by atoms with Crippen LogP contribution in [0, 0.1) is 6.92 Å². The van der Waals surface area contributed by atoms with E-state index in [1.54, 1.807) is 49.6 Å². The summed E-state index contributed by atoms with van der Waals surface area (Å²) in [6.45, 7) is 3.59.